The smallest absolute Gasteiger partial charge is 0.232 e. The van der Waals surface area contributed by atoms with Crippen LogP contribution in [0.5, 0.6) is 0 Å². The monoisotopic (exact) mass is 364 g/mol. The molecule has 1 aliphatic heterocycles. The van der Waals surface area contributed by atoms with Gasteiger partial charge in [0.25, 0.3) is 0 Å². The van der Waals surface area contributed by atoms with E-state index in [1.807, 2.05) is 12.1 Å². The highest BCUT2D eigenvalue weighted by Gasteiger charge is 2.43. The van der Waals surface area contributed by atoms with Crippen LogP contribution in [0.4, 0.5) is 0 Å². The van der Waals surface area contributed by atoms with Gasteiger partial charge in [0.05, 0.1) is 0 Å². The van der Waals surface area contributed by atoms with Crippen molar-refractivity contribution in [2.75, 3.05) is 19.6 Å². The molecule has 1 heterocycles. The zero-order valence-electron chi connectivity index (χ0n) is 16.9. The maximum absolute atomic E-state index is 13.2. The summed E-state index contributed by atoms with van der Waals surface area (Å²) in [6.45, 7) is 9.41. The normalized spacial score (nSPS) is 17.4. The summed E-state index contributed by atoms with van der Waals surface area (Å²) >= 11 is 0. The minimum atomic E-state index is -0.793. The summed E-state index contributed by atoms with van der Waals surface area (Å²) in [7, 11) is 0. The molecule has 0 radical (unpaired) electrons. The third-order valence-electron chi connectivity index (χ3n) is 6.19. The van der Waals surface area contributed by atoms with Crippen molar-refractivity contribution < 1.29 is 4.79 Å². The summed E-state index contributed by atoms with van der Waals surface area (Å²) in [5.41, 5.74) is 10.9. The number of benzene rings is 2. The average molecular weight is 365 g/mol. The number of primary amides is 1. The molecule has 0 spiro atoms. The van der Waals surface area contributed by atoms with Crippen LogP contribution in [-0.4, -0.2) is 30.4 Å². The fourth-order valence-corrected chi connectivity index (χ4v) is 4.82. The molecule has 3 rings (SSSR count). The van der Waals surface area contributed by atoms with Crippen LogP contribution in [0.25, 0.3) is 0 Å². The third-order valence-corrected chi connectivity index (χ3v) is 6.19. The highest BCUT2D eigenvalue weighted by Crippen LogP contribution is 2.41. The van der Waals surface area contributed by atoms with Crippen molar-refractivity contribution in [2.24, 2.45) is 5.73 Å². The molecular weight excluding hydrogens is 332 g/mol. The Labute approximate surface area is 163 Å². The average Bonchev–Trinajstić information content (AvgIpc) is 2.65. The SMILES string of the molecule is Cc1ccccc1[C@](CCN1CCCCC1)(C(N)=O)c1c(C)cccc1C. The highest BCUT2D eigenvalue weighted by atomic mass is 16.1. The quantitative estimate of drug-likeness (QED) is 0.832. The molecule has 1 saturated heterocycles. The summed E-state index contributed by atoms with van der Waals surface area (Å²) in [5, 5.41) is 0. The summed E-state index contributed by atoms with van der Waals surface area (Å²) in [6.07, 6.45) is 4.53. The lowest BCUT2D eigenvalue weighted by Crippen LogP contribution is -2.46. The van der Waals surface area contributed by atoms with E-state index < -0.39 is 5.41 Å². The van der Waals surface area contributed by atoms with E-state index in [2.05, 4.69) is 56.0 Å². The molecule has 3 heteroatoms. The number of rotatable bonds is 6. The number of piperidine rings is 1. The lowest BCUT2D eigenvalue weighted by Gasteiger charge is -2.38. The molecule has 1 fully saturated rings. The first kappa shape index (κ1) is 19.6. The van der Waals surface area contributed by atoms with Crippen LogP contribution in [0.2, 0.25) is 0 Å². The van der Waals surface area contributed by atoms with Gasteiger partial charge >= 0.3 is 0 Å². The van der Waals surface area contributed by atoms with Crippen molar-refractivity contribution in [1.29, 1.82) is 0 Å². The Bertz CT molecular complexity index is 788. The molecule has 0 aliphatic carbocycles. The van der Waals surface area contributed by atoms with E-state index in [9.17, 15) is 4.79 Å². The lowest BCUT2D eigenvalue weighted by atomic mass is 9.67. The molecule has 1 amide bonds. The number of likely N-dealkylation sites (tertiary alicyclic amines) is 1. The molecule has 2 N–H and O–H groups in total. The lowest BCUT2D eigenvalue weighted by molar-refractivity contribution is -0.122. The number of hydrogen-bond donors (Lipinski definition) is 1. The number of carbonyl (C=O) groups excluding carboxylic acids is 1. The van der Waals surface area contributed by atoms with Gasteiger partial charge in [-0.1, -0.05) is 48.9 Å². The Balaban J connectivity index is 2.14. The van der Waals surface area contributed by atoms with E-state index in [4.69, 9.17) is 5.73 Å². The van der Waals surface area contributed by atoms with Crippen LogP contribution < -0.4 is 5.73 Å². The van der Waals surface area contributed by atoms with Crippen LogP contribution >= 0.6 is 0 Å². The molecule has 0 bridgehead atoms. The zero-order chi connectivity index (χ0) is 19.4. The molecule has 1 atom stereocenters. The van der Waals surface area contributed by atoms with Crippen molar-refractivity contribution in [3.8, 4) is 0 Å². The van der Waals surface area contributed by atoms with Crippen molar-refractivity contribution in [2.45, 2.75) is 51.9 Å². The molecule has 0 saturated carbocycles. The van der Waals surface area contributed by atoms with E-state index in [0.717, 1.165) is 53.9 Å². The van der Waals surface area contributed by atoms with Gasteiger partial charge in [0.1, 0.15) is 5.41 Å². The number of carbonyl (C=O) groups is 1. The Kier molecular flexibility index (Phi) is 6.01. The number of aryl methyl sites for hydroxylation is 3. The zero-order valence-corrected chi connectivity index (χ0v) is 16.9. The Morgan fingerprint density at radius 2 is 1.52 bits per heavy atom. The van der Waals surface area contributed by atoms with E-state index >= 15 is 0 Å². The predicted octanol–water partition coefficient (Wildman–Crippen LogP) is 4.26. The maximum Gasteiger partial charge on any atom is 0.232 e. The Morgan fingerprint density at radius 3 is 2.11 bits per heavy atom. The van der Waals surface area contributed by atoms with Crippen molar-refractivity contribution >= 4 is 5.91 Å². The molecule has 2 aromatic rings. The van der Waals surface area contributed by atoms with Gasteiger partial charge in [-0.3, -0.25) is 4.79 Å². The van der Waals surface area contributed by atoms with Gasteiger partial charge in [0.2, 0.25) is 5.91 Å². The molecular formula is C24H32N2O. The van der Waals surface area contributed by atoms with Gasteiger partial charge in [0, 0.05) is 0 Å². The summed E-state index contributed by atoms with van der Waals surface area (Å²) in [5.74, 6) is -0.244. The fraction of sp³-hybridized carbons (Fsp3) is 0.458. The molecule has 27 heavy (non-hydrogen) atoms. The third kappa shape index (κ3) is 3.79. The van der Waals surface area contributed by atoms with Gasteiger partial charge in [0.15, 0.2) is 0 Å². The summed E-state index contributed by atoms with van der Waals surface area (Å²) < 4.78 is 0. The van der Waals surface area contributed by atoms with Gasteiger partial charge < -0.3 is 10.6 Å². The first-order valence-electron chi connectivity index (χ1n) is 10.1. The van der Waals surface area contributed by atoms with Gasteiger partial charge in [-0.25, -0.2) is 0 Å². The predicted molar refractivity (Wildman–Crippen MR) is 112 cm³/mol. The van der Waals surface area contributed by atoms with Crippen molar-refractivity contribution in [3.05, 3.63) is 70.3 Å². The maximum atomic E-state index is 13.2. The van der Waals surface area contributed by atoms with E-state index in [-0.39, 0.29) is 5.91 Å². The molecule has 3 nitrogen and oxygen atoms in total. The van der Waals surface area contributed by atoms with Gasteiger partial charge in [-0.2, -0.15) is 0 Å². The van der Waals surface area contributed by atoms with E-state index in [1.165, 1.54) is 19.3 Å². The van der Waals surface area contributed by atoms with Crippen LogP contribution in [0.3, 0.4) is 0 Å². The van der Waals surface area contributed by atoms with Crippen LogP contribution in [0.1, 0.15) is 53.5 Å². The second-order valence-corrected chi connectivity index (χ2v) is 8.00. The number of nitrogens with two attached hydrogens (primary N) is 1. The minimum absolute atomic E-state index is 0.244. The molecule has 1 aliphatic rings. The van der Waals surface area contributed by atoms with Crippen LogP contribution in [-0.2, 0) is 10.2 Å². The number of amides is 1. The topological polar surface area (TPSA) is 46.3 Å². The standard InChI is InChI=1S/C24H32N2O/c1-18-10-5-6-13-21(18)24(23(25)27,14-17-26-15-7-4-8-16-26)22-19(2)11-9-12-20(22)3/h5-6,9-13H,4,7-8,14-17H2,1-3H3,(H2,25,27)/t24-/m0/s1. The van der Waals surface area contributed by atoms with Crippen LogP contribution in [0.15, 0.2) is 42.5 Å². The molecule has 2 aromatic carbocycles. The second-order valence-electron chi connectivity index (χ2n) is 8.00. The van der Waals surface area contributed by atoms with E-state index in [0.29, 0.717) is 0 Å². The van der Waals surface area contributed by atoms with Crippen molar-refractivity contribution in [3.63, 3.8) is 0 Å². The van der Waals surface area contributed by atoms with Gasteiger partial charge in [-0.05, 0) is 87.5 Å². The van der Waals surface area contributed by atoms with Crippen molar-refractivity contribution in [1.82, 2.24) is 4.90 Å². The molecule has 0 aromatic heterocycles. The Hall–Kier alpha value is -2.13. The largest absolute Gasteiger partial charge is 0.369 e. The fourth-order valence-electron chi connectivity index (χ4n) is 4.82. The van der Waals surface area contributed by atoms with E-state index in [1.54, 1.807) is 0 Å². The highest BCUT2D eigenvalue weighted by molar-refractivity contribution is 5.92. The van der Waals surface area contributed by atoms with Gasteiger partial charge in [-0.15, -0.1) is 0 Å². The Morgan fingerprint density at radius 1 is 0.926 bits per heavy atom. The first-order chi connectivity index (χ1) is 13.0. The molecule has 0 unspecified atom stereocenters. The van der Waals surface area contributed by atoms with Crippen LogP contribution in [0, 0.1) is 20.8 Å². The summed E-state index contributed by atoms with van der Waals surface area (Å²) in [6, 6.07) is 14.5. The first-order valence-corrected chi connectivity index (χ1v) is 10.1. The minimum Gasteiger partial charge on any atom is -0.369 e. The number of hydrogen-bond acceptors (Lipinski definition) is 2. The molecule has 144 valence electrons. The summed E-state index contributed by atoms with van der Waals surface area (Å²) in [4.78, 5) is 15.6. The second kappa shape index (κ2) is 8.26. The number of nitrogens with zero attached hydrogens (tertiary/aromatic N) is 1.